The molecule has 0 bridgehead atoms. The molecule has 4 aliphatic carbocycles. The van der Waals surface area contributed by atoms with Gasteiger partial charge in [-0.2, -0.15) is 0 Å². The smallest absolute Gasteiger partial charge is 0.314 e. The molecule has 15 nitrogen and oxygen atoms in total. The summed E-state index contributed by atoms with van der Waals surface area (Å²) in [5, 5.41) is 87.0. The van der Waals surface area contributed by atoms with Gasteiger partial charge in [-0.25, -0.2) is 0 Å². The first-order valence-corrected chi connectivity index (χ1v) is 18.1. The minimum absolute atomic E-state index is 0.00102. The molecular formula is C35H52O15. The molecule has 7 aliphatic rings. The van der Waals surface area contributed by atoms with E-state index in [2.05, 4.69) is 6.92 Å². The average Bonchev–Trinajstić information content (AvgIpc) is 3.64. The fourth-order valence-corrected chi connectivity index (χ4v) is 11.3. The molecule has 15 heteroatoms. The highest BCUT2D eigenvalue weighted by Gasteiger charge is 2.71. The molecule has 0 amide bonds. The van der Waals surface area contributed by atoms with Gasteiger partial charge in [0.15, 0.2) is 12.6 Å². The number of carbonyl (C=O) groups excluding carboxylic acids is 2. The molecule has 6 fully saturated rings. The standard InChI is InChI=1S/C35H52O15/c1-16-29(50-31-27(42)25(40)24(39)22(13-36)49-31)26(41)28(43)30(47-16)48-18-3-8-33(15-37)20-4-7-32(2)19(17-11-23(38)46-14-17)6-10-35(32,45)21(20)5-9-34(33,44)12-18/h14-16,18-22,24-31,36,39-45H,3-13H2,1-2H3/t16-,18+,19+,20-,21+,22+,24+,25-,26+,27+,28-,29-,30+,31-,32-,33+,34-,35+/m1/s1. The van der Waals surface area contributed by atoms with Crippen molar-refractivity contribution >= 4 is 12.3 Å². The van der Waals surface area contributed by atoms with Crippen LogP contribution in [0.1, 0.15) is 78.1 Å². The van der Waals surface area contributed by atoms with E-state index in [1.807, 2.05) is 0 Å². The average molecular weight is 713 g/mol. The van der Waals surface area contributed by atoms with Crippen LogP contribution in [0.25, 0.3) is 0 Å². The van der Waals surface area contributed by atoms with E-state index in [9.17, 15) is 50.4 Å². The van der Waals surface area contributed by atoms with E-state index in [0.29, 0.717) is 38.5 Å². The van der Waals surface area contributed by atoms with Crippen LogP contribution in [-0.2, 0) is 33.3 Å². The minimum atomic E-state index is -1.71. The predicted molar refractivity (Wildman–Crippen MR) is 167 cm³/mol. The van der Waals surface area contributed by atoms with Crippen molar-refractivity contribution in [1.29, 1.82) is 0 Å². The molecule has 18 atom stereocenters. The van der Waals surface area contributed by atoms with Gasteiger partial charge in [-0.05, 0) is 81.6 Å². The van der Waals surface area contributed by atoms with Gasteiger partial charge in [0, 0.05) is 11.8 Å². The summed E-state index contributed by atoms with van der Waals surface area (Å²) in [7, 11) is 0. The summed E-state index contributed by atoms with van der Waals surface area (Å²) in [5.74, 6) is -0.761. The maximum Gasteiger partial charge on any atom is 0.314 e. The third-order valence-electron chi connectivity index (χ3n) is 14.1. The minimum Gasteiger partial charge on any atom is -0.434 e. The van der Waals surface area contributed by atoms with Gasteiger partial charge in [-0.1, -0.05) is 6.92 Å². The van der Waals surface area contributed by atoms with Crippen LogP contribution < -0.4 is 0 Å². The Balaban J connectivity index is 1.02. The molecule has 50 heavy (non-hydrogen) atoms. The first-order valence-electron chi connectivity index (χ1n) is 18.1. The molecule has 4 saturated carbocycles. The van der Waals surface area contributed by atoms with Crippen LogP contribution in [0, 0.1) is 28.6 Å². The molecule has 3 aliphatic heterocycles. The highest BCUT2D eigenvalue weighted by Crippen LogP contribution is 2.70. The Morgan fingerprint density at radius 1 is 0.860 bits per heavy atom. The molecule has 0 aromatic heterocycles. The van der Waals surface area contributed by atoms with E-state index < -0.39 is 96.2 Å². The van der Waals surface area contributed by atoms with Gasteiger partial charge in [0.1, 0.15) is 49.0 Å². The Labute approximate surface area is 290 Å². The summed E-state index contributed by atoms with van der Waals surface area (Å²) in [6, 6.07) is 0. The van der Waals surface area contributed by atoms with Gasteiger partial charge in [0.05, 0.1) is 48.1 Å². The Kier molecular flexibility index (Phi) is 9.60. The SMILES string of the molecule is C[C@H]1O[C@@H](O[C@H]2CC[C@]3(C=O)[C@@H]4CC[C@]5(C)[C@H](C6=COC(=O)C6)CC[C@]5(O)[C@H]4CC[C@@]3(O)C2)[C@H](O)[C@H](O)[C@@H]1O[C@H]1O[C@@H](CO)[C@H](O)[C@@H](O)[C@@H]1O. The van der Waals surface area contributed by atoms with Crippen LogP contribution in [0.5, 0.6) is 0 Å². The van der Waals surface area contributed by atoms with Crippen molar-refractivity contribution in [3.05, 3.63) is 11.8 Å². The number of aliphatic hydroxyl groups excluding tert-OH is 6. The maximum atomic E-state index is 13.2. The second-order valence-corrected chi connectivity index (χ2v) is 16.3. The van der Waals surface area contributed by atoms with E-state index in [-0.39, 0.29) is 43.0 Å². The van der Waals surface area contributed by atoms with Gasteiger partial charge >= 0.3 is 5.97 Å². The summed E-state index contributed by atoms with van der Waals surface area (Å²) in [5.41, 5.74) is -3.20. The number of esters is 1. The number of ether oxygens (including phenoxy) is 5. The number of rotatable bonds is 7. The summed E-state index contributed by atoms with van der Waals surface area (Å²) in [6.45, 7) is 2.98. The molecule has 7 rings (SSSR count). The van der Waals surface area contributed by atoms with E-state index in [1.54, 1.807) is 13.2 Å². The highest BCUT2D eigenvalue weighted by molar-refractivity contribution is 5.76. The lowest BCUT2D eigenvalue weighted by molar-refractivity contribution is -0.361. The van der Waals surface area contributed by atoms with Crippen molar-refractivity contribution in [1.82, 2.24) is 0 Å². The number of hydrogen-bond donors (Lipinski definition) is 8. The Bertz CT molecular complexity index is 1340. The fourth-order valence-electron chi connectivity index (χ4n) is 11.3. The molecule has 0 radical (unpaired) electrons. The molecule has 282 valence electrons. The highest BCUT2D eigenvalue weighted by atomic mass is 16.7. The van der Waals surface area contributed by atoms with Gasteiger partial charge in [-0.15, -0.1) is 0 Å². The van der Waals surface area contributed by atoms with E-state index >= 15 is 0 Å². The third kappa shape index (κ3) is 5.37. The zero-order valence-electron chi connectivity index (χ0n) is 28.5. The number of hydrogen-bond acceptors (Lipinski definition) is 15. The van der Waals surface area contributed by atoms with Gasteiger partial charge in [0.25, 0.3) is 0 Å². The fraction of sp³-hybridized carbons (Fsp3) is 0.886. The Hall–Kier alpha value is -1.60. The van der Waals surface area contributed by atoms with Crippen LogP contribution in [0.2, 0.25) is 0 Å². The van der Waals surface area contributed by atoms with Gasteiger partial charge < -0.3 is 69.3 Å². The molecule has 0 aromatic carbocycles. The quantitative estimate of drug-likeness (QED) is 0.0890. The lowest BCUT2D eigenvalue weighted by atomic mass is 9.41. The topological polar surface area (TPSA) is 242 Å². The van der Waals surface area contributed by atoms with Crippen molar-refractivity contribution in [2.24, 2.45) is 28.6 Å². The second kappa shape index (κ2) is 13.1. The molecule has 2 saturated heterocycles. The monoisotopic (exact) mass is 712 g/mol. The largest absolute Gasteiger partial charge is 0.434 e. The normalized spacial score (nSPS) is 55.0. The summed E-state index contributed by atoms with van der Waals surface area (Å²) in [4.78, 5) is 25.1. The first kappa shape index (κ1) is 36.7. The van der Waals surface area contributed by atoms with Crippen molar-refractivity contribution in [3.8, 4) is 0 Å². The third-order valence-corrected chi connectivity index (χ3v) is 14.1. The van der Waals surface area contributed by atoms with Crippen molar-refractivity contribution < 1.29 is 74.1 Å². The van der Waals surface area contributed by atoms with E-state index in [4.69, 9.17) is 23.7 Å². The van der Waals surface area contributed by atoms with Crippen molar-refractivity contribution in [2.75, 3.05) is 6.61 Å². The first-order chi connectivity index (χ1) is 23.6. The number of cyclic esters (lactones) is 1. The van der Waals surface area contributed by atoms with Gasteiger partial charge in [-0.3, -0.25) is 4.79 Å². The number of carbonyl (C=O) groups is 2. The summed E-state index contributed by atoms with van der Waals surface area (Å²) >= 11 is 0. The zero-order valence-corrected chi connectivity index (χ0v) is 28.5. The maximum absolute atomic E-state index is 13.2. The van der Waals surface area contributed by atoms with Crippen LogP contribution in [0.3, 0.4) is 0 Å². The Morgan fingerprint density at radius 3 is 2.24 bits per heavy atom. The predicted octanol–water partition coefficient (Wildman–Crippen LogP) is -1.08. The Morgan fingerprint density at radius 2 is 1.56 bits per heavy atom. The van der Waals surface area contributed by atoms with Gasteiger partial charge in [0.2, 0.25) is 0 Å². The molecule has 8 N–H and O–H groups in total. The van der Waals surface area contributed by atoms with Crippen molar-refractivity contribution in [2.45, 2.75) is 157 Å². The molecule has 0 aromatic rings. The van der Waals surface area contributed by atoms with E-state index in [0.717, 1.165) is 18.3 Å². The van der Waals surface area contributed by atoms with Crippen LogP contribution >= 0.6 is 0 Å². The molecule has 0 spiro atoms. The summed E-state index contributed by atoms with van der Waals surface area (Å²) < 4.78 is 28.4. The van der Waals surface area contributed by atoms with Crippen LogP contribution in [0.4, 0.5) is 0 Å². The summed E-state index contributed by atoms with van der Waals surface area (Å²) in [6.07, 6.45) is -8.42. The lowest BCUT2D eigenvalue weighted by Gasteiger charge is -2.65. The van der Waals surface area contributed by atoms with Crippen LogP contribution in [0.15, 0.2) is 11.8 Å². The second-order valence-electron chi connectivity index (χ2n) is 16.3. The number of fused-ring (bicyclic) bond motifs is 5. The number of aliphatic hydroxyl groups is 8. The van der Waals surface area contributed by atoms with E-state index in [1.165, 1.54) is 0 Å². The van der Waals surface area contributed by atoms with Crippen molar-refractivity contribution in [3.63, 3.8) is 0 Å². The zero-order chi connectivity index (χ0) is 36.0. The number of aldehydes is 1. The lowest BCUT2D eigenvalue weighted by Crippen LogP contribution is -2.69. The van der Waals surface area contributed by atoms with Crippen LogP contribution in [-0.4, -0.2) is 138 Å². The molecular weight excluding hydrogens is 660 g/mol. The molecule has 0 unspecified atom stereocenters. The molecule has 3 heterocycles.